The normalized spacial score (nSPS) is 21.8. The van der Waals surface area contributed by atoms with E-state index in [4.69, 9.17) is 4.74 Å². The third-order valence-electron chi connectivity index (χ3n) is 6.35. The van der Waals surface area contributed by atoms with Crippen LogP contribution in [0.5, 0.6) is 0 Å². The Kier molecular flexibility index (Phi) is 6.83. The summed E-state index contributed by atoms with van der Waals surface area (Å²) in [4.78, 5) is 12.3. The summed E-state index contributed by atoms with van der Waals surface area (Å²) in [5.41, 5.74) is 1.93. The van der Waals surface area contributed by atoms with Crippen LogP contribution >= 0.6 is 0 Å². The molecule has 2 N–H and O–H groups in total. The van der Waals surface area contributed by atoms with E-state index in [0.717, 1.165) is 28.3 Å². The van der Waals surface area contributed by atoms with Gasteiger partial charge in [0.2, 0.25) is 10.0 Å². The van der Waals surface area contributed by atoms with Gasteiger partial charge in [-0.15, -0.1) is 0 Å². The Bertz CT molecular complexity index is 1230. The maximum atomic E-state index is 13.0. The number of aryl methyl sites for hydroxylation is 1. The van der Waals surface area contributed by atoms with E-state index in [1.54, 1.807) is 12.1 Å². The van der Waals surface area contributed by atoms with E-state index in [9.17, 15) is 18.3 Å². The standard InChI is InChI=1S/C26H29NO5S/c1-3-7-23-22(16-24(32-23)21-11-6-9-18-8-4-5-10-20(18)21)25(26(28)29)27-33(30,31)19-14-12-17(2)13-15-19/h4-6,8-15,22-25,27H,3,7,16H2,1-2H3,(H,28,29). The molecule has 0 aromatic heterocycles. The van der Waals surface area contributed by atoms with Crippen LogP contribution in [0.3, 0.4) is 0 Å². The van der Waals surface area contributed by atoms with Gasteiger partial charge in [0, 0.05) is 5.92 Å². The highest BCUT2D eigenvalue weighted by molar-refractivity contribution is 7.89. The number of benzene rings is 3. The molecule has 1 saturated heterocycles. The second-order valence-electron chi connectivity index (χ2n) is 8.67. The molecule has 3 aromatic carbocycles. The van der Waals surface area contributed by atoms with E-state index < -0.39 is 28.0 Å². The summed E-state index contributed by atoms with van der Waals surface area (Å²) in [5.74, 6) is -1.69. The minimum Gasteiger partial charge on any atom is -0.480 e. The molecule has 0 aliphatic carbocycles. The predicted octanol–water partition coefficient (Wildman–Crippen LogP) is 4.83. The van der Waals surface area contributed by atoms with Crippen LogP contribution in [0.25, 0.3) is 10.8 Å². The first-order chi connectivity index (χ1) is 15.8. The average molecular weight is 468 g/mol. The summed E-state index contributed by atoms with van der Waals surface area (Å²) < 4.78 is 34.8. The molecule has 0 saturated carbocycles. The van der Waals surface area contributed by atoms with Crippen molar-refractivity contribution in [2.75, 3.05) is 0 Å². The fourth-order valence-corrected chi connectivity index (χ4v) is 5.93. The van der Waals surface area contributed by atoms with Crippen LogP contribution in [0.2, 0.25) is 0 Å². The molecule has 4 rings (SSSR count). The third-order valence-corrected chi connectivity index (χ3v) is 7.81. The first-order valence-corrected chi connectivity index (χ1v) is 12.7. The van der Waals surface area contributed by atoms with E-state index in [0.29, 0.717) is 12.8 Å². The van der Waals surface area contributed by atoms with E-state index in [2.05, 4.69) is 4.72 Å². The van der Waals surface area contributed by atoms with E-state index in [1.807, 2.05) is 56.3 Å². The topological polar surface area (TPSA) is 92.7 Å². The molecule has 0 radical (unpaired) electrons. The van der Waals surface area contributed by atoms with Gasteiger partial charge >= 0.3 is 5.97 Å². The summed E-state index contributed by atoms with van der Waals surface area (Å²) in [6.45, 7) is 3.88. The van der Waals surface area contributed by atoms with Gasteiger partial charge in [-0.2, -0.15) is 4.72 Å². The molecule has 1 aliphatic heterocycles. The lowest BCUT2D eigenvalue weighted by atomic mass is 9.87. The highest BCUT2D eigenvalue weighted by Crippen LogP contribution is 2.42. The fraction of sp³-hybridized carbons (Fsp3) is 0.346. The molecule has 0 bridgehead atoms. The molecule has 7 heteroatoms. The number of sulfonamides is 1. The van der Waals surface area contributed by atoms with Gasteiger partial charge in [-0.05, 0) is 48.2 Å². The Morgan fingerprint density at radius 2 is 1.79 bits per heavy atom. The van der Waals surface area contributed by atoms with Gasteiger partial charge in [-0.3, -0.25) is 4.79 Å². The second-order valence-corrected chi connectivity index (χ2v) is 10.4. The minimum atomic E-state index is -4.00. The Morgan fingerprint density at radius 3 is 2.48 bits per heavy atom. The van der Waals surface area contributed by atoms with Crippen molar-refractivity contribution in [3.63, 3.8) is 0 Å². The Hall–Kier alpha value is -2.74. The maximum absolute atomic E-state index is 13.0. The lowest BCUT2D eigenvalue weighted by Gasteiger charge is -2.25. The van der Waals surface area contributed by atoms with Gasteiger partial charge in [0.15, 0.2) is 0 Å². The first kappa shape index (κ1) is 23.4. The van der Waals surface area contributed by atoms with Crippen molar-refractivity contribution in [2.24, 2.45) is 5.92 Å². The van der Waals surface area contributed by atoms with Crippen LogP contribution in [0.4, 0.5) is 0 Å². The van der Waals surface area contributed by atoms with Gasteiger partial charge in [0.1, 0.15) is 6.04 Å². The molecule has 6 nitrogen and oxygen atoms in total. The quantitative estimate of drug-likeness (QED) is 0.495. The second kappa shape index (κ2) is 9.63. The molecule has 1 aliphatic rings. The number of hydrogen-bond donors (Lipinski definition) is 2. The first-order valence-electron chi connectivity index (χ1n) is 11.2. The number of aliphatic carboxylic acids is 1. The summed E-state index contributed by atoms with van der Waals surface area (Å²) in [5, 5.41) is 12.2. The van der Waals surface area contributed by atoms with Crippen LogP contribution in [0.1, 0.15) is 43.4 Å². The molecular weight excluding hydrogens is 438 g/mol. The van der Waals surface area contributed by atoms with Crippen molar-refractivity contribution in [3.8, 4) is 0 Å². The Labute approximate surface area is 194 Å². The van der Waals surface area contributed by atoms with Crippen LogP contribution in [0.15, 0.2) is 71.6 Å². The lowest BCUT2D eigenvalue weighted by molar-refractivity contribution is -0.141. The van der Waals surface area contributed by atoms with Gasteiger partial charge in [0.05, 0.1) is 17.1 Å². The number of carboxylic acid groups (broad SMARTS) is 1. The van der Waals surface area contributed by atoms with Crippen molar-refractivity contribution >= 4 is 26.8 Å². The zero-order chi connectivity index (χ0) is 23.6. The Balaban J connectivity index is 1.65. The number of carbonyl (C=O) groups is 1. The smallest absolute Gasteiger partial charge is 0.322 e. The molecular formula is C26H29NO5S. The van der Waals surface area contributed by atoms with E-state index in [-0.39, 0.29) is 17.1 Å². The van der Waals surface area contributed by atoms with Crippen molar-refractivity contribution in [3.05, 3.63) is 77.9 Å². The van der Waals surface area contributed by atoms with Crippen LogP contribution < -0.4 is 4.72 Å². The van der Waals surface area contributed by atoms with Crippen LogP contribution in [-0.4, -0.2) is 31.6 Å². The van der Waals surface area contributed by atoms with Crippen LogP contribution in [0, 0.1) is 12.8 Å². The van der Waals surface area contributed by atoms with E-state index >= 15 is 0 Å². The van der Waals surface area contributed by atoms with E-state index in [1.165, 1.54) is 12.1 Å². The molecule has 1 heterocycles. The zero-order valence-corrected chi connectivity index (χ0v) is 19.6. The average Bonchev–Trinajstić information content (AvgIpc) is 3.21. The lowest BCUT2D eigenvalue weighted by Crippen LogP contribution is -2.48. The SMILES string of the molecule is CCCC1OC(c2cccc3ccccc23)CC1C(NS(=O)(=O)c1ccc(C)cc1)C(=O)O. The summed E-state index contributed by atoms with van der Waals surface area (Å²) in [6.07, 6.45) is 1.22. The minimum absolute atomic E-state index is 0.0518. The van der Waals surface area contributed by atoms with Gasteiger partial charge < -0.3 is 9.84 Å². The number of fused-ring (bicyclic) bond motifs is 1. The van der Waals surface area contributed by atoms with Gasteiger partial charge in [-0.25, -0.2) is 8.42 Å². The number of nitrogens with one attached hydrogen (secondary N) is 1. The van der Waals surface area contributed by atoms with Gasteiger partial charge in [0.25, 0.3) is 0 Å². The van der Waals surface area contributed by atoms with Crippen molar-refractivity contribution in [1.29, 1.82) is 0 Å². The van der Waals surface area contributed by atoms with Gasteiger partial charge in [-0.1, -0.05) is 73.5 Å². The number of rotatable bonds is 8. The van der Waals surface area contributed by atoms with Crippen molar-refractivity contribution < 1.29 is 23.1 Å². The van der Waals surface area contributed by atoms with Crippen molar-refractivity contribution in [2.45, 2.75) is 56.3 Å². The number of ether oxygens (including phenoxy) is 1. The number of carboxylic acids is 1. The Morgan fingerprint density at radius 1 is 1.09 bits per heavy atom. The largest absolute Gasteiger partial charge is 0.480 e. The molecule has 4 unspecified atom stereocenters. The van der Waals surface area contributed by atoms with Crippen molar-refractivity contribution in [1.82, 2.24) is 4.72 Å². The number of hydrogen-bond acceptors (Lipinski definition) is 4. The summed E-state index contributed by atoms with van der Waals surface area (Å²) in [6, 6.07) is 19.1. The molecule has 0 amide bonds. The highest BCUT2D eigenvalue weighted by Gasteiger charge is 2.44. The summed E-state index contributed by atoms with van der Waals surface area (Å²) in [7, 11) is -4.00. The summed E-state index contributed by atoms with van der Waals surface area (Å²) >= 11 is 0. The maximum Gasteiger partial charge on any atom is 0.322 e. The van der Waals surface area contributed by atoms with Crippen LogP contribution in [-0.2, 0) is 19.6 Å². The molecule has 0 spiro atoms. The molecule has 1 fully saturated rings. The third kappa shape index (κ3) is 4.95. The highest BCUT2D eigenvalue weighted by atomic mass is 32.2. The molecule has 33 heavy (non-hydrogen) atoms. The zero-order valence-electron chi connectivity index (χ0n) is 18.8. The monoisotopic (exact) mass is 467 g/mol. The fourth-order valence-electron chi connectivity index (χ4n) is 4.69. The molecule has 4 atom stereocenters. The molecule has 3 aromatic rings. The predicted molar refractivity (Wildman–Crippen MR) is 128 cm³/mol. The molecule has 174 valence electrons.